The van der Waals surface area contributed by atoms with Crippen LogP contribution in [0.15, 0.2) is 73.1 Å². The molecule has 4 rings (SSSR count). The van der Waals surface area contributed by atoms with E-state index in [-0.39, 0.29) is 11.6 Å². The summed E-state index contributed by atoms with van der Waals surface area (Å²) in [5.74, 6) is -0.561. The van der Waals surface area contributed by atoms with Gasteiger partial charge < -0.3 is 0 Å². The second kappa shape index (κ2) is 5.81. The summed E-state index contributed by atoms with van der Waals surface area (Å²) in [5.41, 5.74) is 4.95. The van der Waals surface area contributed by atoms with Gasteiger partial charge in [-0.05, 0) is 35.4 Å². The third-order valence-corrected chi connectivity index (χ3v) is 3.94. The summed E-state index contributed by atoms with van der Waals surface area (Å²) in [6.07, 6.45) is 3.26. The number of nitrogens with zero attached hydrogens (tertiary/aromatic N) is 2. The summed E-state index contributed by atoms with van der Waals surface area (Å²) in [6, 6.07) is 16.4. The Kier molecular flexibility index (Phi) is 3.50. The van der Waals surface area contributed by atoms with E-state index in [0.717, 1.165) is 33.3 Å². The molecule has 0 aliphatic rings. The molecule has 0 fully saturated rings. The summed E-state index contributed by atoms with van der Waals surface area (Å²) in [7, 11) is 0. The van der Waals surface area contributed by atoms with Gasteiger partial charge in [-0.1, -0.05) is 36.4 Å². The molecule has 0 N–H and O–H groups in total. The van der Waals surface area contributed by atoms with Crippen LogP contribution >= 0.6 is 0 Å². The van der Waals surface area contributed by atoms with E-state index in [2.05, 4.69) is 9.97 Å². The van der Waals surface area contributed by atoms with Gasteiger partial charge in [-0.15, -0.1) is 0 Å². The third kappa shape index (κ3) is 2.52. The highest BCUT2D eigenvalue weighted by molar-refractivity contribution is 6.00. The molecule has 4 heteroatoms. The molecule has 0 saturated carbocycles. The van der Waals surface area contributed by atoms with Crippen LogP contribution in [0.5, 0.6) is 0 Å². The number of rotatable bonds is 2. The fraction of sp³-hybridized carbons (Fsp3) is 0. The molecular weight excluding hydrogens is 306 g/mol. The van der Waals surface area contributed by atoms with Gasteiger partial charge in [0.25, 0.3) is 0 Å². The molecule has 0 bridgehead atoms. The first kappa shape index (κ1) is 14.5. The van der Waals surface area contributed by atoms with Gasteiger partial charge in [-0.3, -0.25) is 9.97 Å². The first-order valence-corrected chi connectivity index (χ1v) is 7.48. The topological polar surface area (TPSA) is 25.8 Å². The Bertz CT molecular complexity index is 926. The number of fused-ring (bicyclic) bond motifs is 1. The maximum Gasteiger partial charge on any atom is 0.123 e. The normalized spacial score (nSPS) is 10.9. The van der Waals surface area contributed by atoms with Gasteiger partial charge in [0.2, 0.25) is 0 Å². The van der Waals surface area contributed by atoms with E-state index in [1.54, 1.807) is 36.7 Å². The van der Waals surface area contributed by atoms with Gasteiger partial charge in [0.15, 0.2) is 0 Å². The molecule has 0 aliphatic carbocycles. The lowest BCUT2D eigenvalue weighted by atomic mass is 9.97. The molecule has 0 saturated heterocycles. The Morgan fingerprint density at radius 3 is 1.25 bits per heavy atom. The molecule has 0 amide bonds. The van der Waals surface area contributed by atoms with E-state index in [1.165, 1.54) is 24.3 Å². The minimum Gasteiger partial charge on any atom is -0.252 e. The fourth-order valence-corrected chi connectivity index (χ4v) is 2.78. The largest absolute Gasteiger partial charge is 0.252 e. The van der Waals surface area contributed by atoms with Crippen molar-refractivity contribution in [2.24, 2.45) is 0 Å². The maximum absolute atomic E-state index is 13.2. The van der Waals surface area contributed by atoms with Crippen LogP contribution in [0.2, 0.25) is 0 Å². The molecular formula is C20H12F2N2. The van der Waals surface area contributed by atoms with Crippen LogP contribution in [0.4, 0.5) is 8.78 Å². The van der Waals surface area contributed by atoms with Crippen molar-refractivity contribution in [3.8, 4) is 22.3 Å². The smallest absolute Gasteiger partial charge is 0.123 e. The first-order chi connectivity index (χ1) is 11.7. The SMILES string of the molecule is Fc1ccc(-c2ccc(-c3ccc(F)cc3)c3nccnc23)cc1. The van der Waals surface area contributed by atoms with Gasteiger partial charge in [0.1, 0.15) is 11.6 Å². The van der Waals surface area contributed by atoms with Crippen LogP contribution in [0.25, 0.3) is 33.3 Å². The van der Waals surface area contributed by atoms with Crippen LogP contribution in [0.1, 0.15) is 0 Å². The zero-order valence-electron chi connectivity index (χ0n) is 12.6. The molecule has 4 aromatic rings. The summed E-state index contributed by atoms with van der Waals surface area (Å²) in [6.45, 7) is 0. The molecule has 0 atom stereocenters. The quantitative estimate of drug-likeness (QED) is 0.505. The standard InChI is InChI=1S/C20H12F2N2/c21-15-5-1-13(2-6-15)17-9-10-18(14-3-7-16(22)8-4-14)20-19(17)23-11-12-24-20/h1-12H. The summed E-state index contributed by atoms with van der Waals surface area (Å²) in [4.78, 5) is 8.91. The molecule has 0 radical (unpaired) electrons. The minimum atomic E-state index is -0.280. The predicted molar refractivity (Wildman–Crippen MR) is 90.3 cm³/mol. The minimum absolute atomic E-state index is 0.280. The van der Waals surface area contributed by atoms with E-state index in [4.69, 9.17) is 0 Å². The van der Waals surface area contributed by atoms with Crippen LogP contribution < -0.4 is 0 Å². The van der Waals surface area contributed by atoms with Gasteiger partial charge in [0, 0.05) is 23.5 Å². The van der Waals surface area contributed by atoms with Crippen molar-refractivity contribution in [1.29, 1.82) is 0 Å². The van der Waals surface area contributed by atoms with Crippen LogP contribution in [0.3, 0.4) is 0 Å². The predicted octanol–water partition coefficient (Wildman–Crippen LogP) is 5.24. The van der Waals surface area contributed by atoms with Crippen molar-refractivity contribution in [3.63, 3.8) is 0 Å². The average Bonchev–Trinajstić information content (AvgIpc) is 2.62. The number of hydrogen-bond acceptors (Lipinski definition) is 2. The van der Waals surface area contributed by atoms with E-state index in [1.807, 2.05) is 12.1 Å². The first-order valence-electron chi connectivity index (χ1n) is 7.48. The Balaban J connectivity index is 1.95. The molecule has 116 valence electrons. The third-order valence-electron chi connectivity index (χ3n) is 3.94. The van der Waals surface area contributed by atoms with E-state index in [9.17, 15) is 8.78 Å². The van der Waals surface area contributed by atoms with Gasteiger partial charge in [-0.2, -0.15) is 0 Å². The molecule has 3 aromatic carbocycles. The Morgan fingerprint density at radius 2 is 0.875 bits per heavy atom. The van der Waals surface area contributed by atoms with E-state index >= 15 is 0 Å². The molecule has 1 heterocycles. The van der Waals surface area contributed by atoms with Gasteiger partial charge in [-0.25, -0.2) is 8.78 Å². The summed E-state index contributed by atoms with van der Waals surface area (Å²) in [5, 5.41) is 0. The lowest BCUT2D eigenvalue weighted by Crippen LogP contribution is -1.91. The highest BCUT2D eigenvalue weighted by Gasteiger charge is 2.11. The lowest BCUT2D eigenvalue weighted by Gasteiger charge is -2.10. The van der Waals surface area contributed by atoms with Crippen molar-refractivity contribution in [1.82, 2.24) is 9.97 Å². The van der Waals surface area contributed by atoms with Crippen LogP contribution in [0, 0.1) is 11.6 Å². The summed E-state index contributed by atoms with van der Waals surface area (Å²) < 4.78 is 26.4. The second-order valence-corrected chi connectivity index (χ2v) is 5.43. The zero-order chi connectivity index (χ0) is 16.5. The maximum atomic E-state index is 13.2. The van der Waals surface area contributed by atoms with Crippen LogP contribution in [-0.4, -0.2) is 9.97 Å². The number of hydrogen-bond donors (Lipinski definition) is 0. The molecule has 1 aromatic heterocycles. The zero-order valence-corrected chi connectivity index (χ0v) is 12.6. The monoisotopic (exact) mass is 318 g/mol. The lowest BCUT2D eigenvalue weighted by molar-refractivity contribution is 0.627. The van der Waals surface area contributed by atoms with Crippen molar-refractivity contribution in [2.75, 3.05) is 0 Å². The van der Waals surface area contributed by atoms with Crippen molar-refractivity contribution in [2.45, 2.75) is 0 Å². The second-order valence-electron chi connectivity index (χ2n) is 5.43. The number of aromatic nitrogens is 2. The molecule has 0 aliphatic heterocycles. The van der Waals surface area contributed by atoms with Crippen LogP contribution in [-0.2, 0) is 0 Å². The van der Waals surface area contributed by atoms with Crippen molar-refractivity contribution >= 4 is 11.0 Å². The molecule has 24 heavy (non-hydrogen) atoms. The van der Waals surface area contributed by atoms with Gasteiger partial charge in [0.05, 0.1) is 11.0 Å². The highest BCUT2D eigenvalue weighted by atomic mass is 19.1. The highest BCUT2D eigenvalue weighted by Crippen LogP contribution is 2.33. The molecule has 2 nitrogen and oxygen atoms in total. The van der Waals surface area contributed by atoms with Crippen molar-refractivity contribution in [3.05, 3.63) is 84.7 Å². The Hall–Kier alpha value is -3.14. The number of halogens is 2. The average molecular weight is 318 g/mol. The van der Waals surface area contributed by atoms with E-state index < -0.39 is 0 Å². The fourth-order valence-electron chi connectivity index (χ4n) is 2.78. The molecule has 0 spiro atoms. The van der Waals surface area contributed by atoms with E-state index in [0.29, 0.717) is 0 Å². The number of benzene rings is 3. The Morgan fingerprint density at radius 1 is 0.500 bits per heavy atom. The van der Waals surface area contributed by atoms with Crippen molar-refractivity contribution < 1.29 is 8.78 Å². The Labute approximate surface area is 137 Å². The summed E-state index contributed by atoms with van der Waals surface area (Å²) >= 11 is 0. The molecule has 0 unspecified atom stereocenters. The van der Waals surface area contributed by atoms with Gasteiger partial charge >= 0.3 is 0 Å².